The third-order valence-electron chi connectivity index (χ3n) is 4.77. The standard InChI is InChI=1S/C24H27N5O2S/c1-17(2)13-14-29-22(16-31-21-7-5-4-6-8-21)27-28-24(29)32-18(3)23(30)26-20-11-9-19(15-25)10-12-20/h4-12,17-18H,13-14,16H2,1-3H3,(H,26,30). The second-order valence-corrected chi connectivity index (χ2v) is 9.08. The summed E-state index contributed by atoms with van der Waals surface area (Å²) in [6, 6.07) is 18.5. The lowest BCUT2D eigenvalue weighted by molar-refractivity contribution is -0.115. The van der Waals surface area contributed by atoms with Gasteiger partial charge in [0, 0.05) is 12.2 Å². The number of anilines is 1. The summed E-state index contributed by atoms with van der Waals surface area (Å²) in [6.07, 6.45) is 0.968. The smallest absolute Gasteiger partial charge is 0.237 e. The minimum atomic E-state index is -0.379. The van der Waals surface area contributed by atoms with Gasteiger partial charge in [0.05, 0.1) is 16.9 Å². The quantitative estimate of drug-likeness (QED) is 0.443. The number of hydrogen-bond donors (Lipinski definition) is 1. The van der Waals surface area contributed by atoms with Crippen LogP contribution >= 0.6 is 11.8 Å². The van der Waals surface area contributed by atoms with Gasteiger partial charge in [-0.2, -0.15) is 5.26 Å². The number of thioether (sulfide) groups is 1. The van der Waals surface area contributed by atoms with Crippen molar-refractivity contribution in [1.29, 1.82) is 5.26 Å². The molecule has 0 aliphatic rings. The maximum absolute atomic E-state index is 12.7. The molecular weight excluding hydrogens is 422 g/mol. The summed E-state index contributed by atoms with van der Waals surface area (Å²) < 4.78 is 7.91. The van der Waals surface area contributed by atoms with E-state index >= 15 is 0 Å². The van der Waals surface area contributed by atoms with Crippen molar-refractivity contribution in [2.24, 2.45) is 5.92 Å². The predicted octanol–water partition coefficient (Wildman–Crippen LogP) is 4.89. The molecule has 1 atom stereocenters. The minimum Gasteiger partial charge on any atom is -0.486 e. The first-order valence-electron chi connectivity index (χ1n) is 10.5. The molecule has 0 fully saturated rings. The number of aromatic nitrogens is 3. The molecule has 32 heavy (non-hydrogen) atoms. The van der Waals surface area contributed by atoms with Crippen molar-refractivity contribution in [3.05, 3.63) is 66.0 Å². The third kappa shape index (κ3) is 6.59. The number of para-hydroxylation sites is 1. The summed E-state index contributed by atoms with van der Waals surface area (Å²) in [5.41, 5.74) is 1.20. The van der Waals surface area contributed by atoms with Crippen molar-refractivity contribution >= 4 is 23.4 Å². The van der Waals surface area contributed by atoms with Gasteiger partial charge in [-0.1, -0.05) is 43.8 Å². The number of hydrogen-bond acceptors (Lipinski definition) is 6. The first-order valence-corrected chi connectivity index (χ1v) is 11.4. The van der Waals surface area contributed by atoms with Crippen molar-refractivity contribution in [2.45, 2.75) is 50.8 Å². The molecule has 1 heterocycles. The van der Waals surface area contributed by atoms with E-state index in [0.29, 0.717) is 28.9 Å². The minimum absolute atomic E-state index is 0.139. The molecule has 166 valence electrons. The molecule has 1 unspecified atom stereocenters. The number of nitrogens with one attached hydrogen (secondary N) is 1. The maximum atomic E-state index is 12.7. The van der Waals surface area contributed by atoms with Crippen molar-refractivity contribution < 1.29 is 9.53 Å². The first kappa shape index (κ1) is 23.4. The highest BCUT2D eigenvalue weighted by Gasteiger charge is 2.21. The summed E-state index contributed by atoms with van der Waals surface area (Å²) in [7, 11) is 0. The van der Waals surface area contributed by atoms with Crippen molar-refractivity contribution in [1.82, 2.24) is 14.8 Å². The number of nitrogens with zero attached hydrogens (tertiary/aromatic N) is 4. The average molecular weight is 450 g/mol. The number of nitriles is 1. The van der Waals surface area contributed by atoms with Gasteiger partial charge in [0.15, 0.2) is 11.0 Å². The highest BCUT2D eigenvalue weighted by Crippen LogP contribution is 2.25. The van der Waals surface area contributed by atoms with Crippen LogP contribution < -0.4 is 10.1 Å². The van der Waals surface area contributed by atoms with Gasteiger partial charge in [-0.3, -0.25) is 4.79 Å². The van der Waals surface area contributed by atoms with E-state index in [0.717, 1.165) is 24.5 Å². The fraction of sp³-hybridized carbons (Fsp3) is 0.333. The molecule has 1 N–H and O–H groups in total. The second-order valence-electron chi connectivity index (χ2n) is 7.77. The van der Waals surface area contributed by atoms with E-state index < -0.39 is 0 Å². The number of amides is 1. The number of rotatable bonds is 10. The van der Waals surface area contributed by atoms with E-state index in [2.05, 4.69) is 35.4 Å². The molecule has 8 heteroatoms. The molecule has 3 aromatic rings. The van der Waals surface area contributed by atoms with E-state index in [4.69, 9.17) is 10.00 Å². The number of ether oxygens (including phenoxy) is 1. The Morgan fingerprint density at radius 1 is 1.12 bits per heavy atom. The van der Waals surface area contributed by atoms with Gasteiger partial charge >= 0.3 is 0 Å². The fourth-order valence-corrected chi connectivity index (χ4v) is 3.77. The van der Waals surface area contributed by atoms with Crippen LogP contribution in [0.3, 0.4) is 0 Å². The molecule has 0 spiro atoms. The lowest BCUT2D eigenvalue weighted by atomic mass is 10.1. The van der Waals surface area contributed by atoms with Gasteiger partial charge in [0.25, 0.3) is 0 Å². The largest absolute Gasteiger partial charge is 0.486 e. The molecule has 0 bridgehead atoms. The van der Waals surface area contributed by atoms with Gasteiger partial charge in [0.1, 0.15) is 12.4 Å². The SMILES string of the molecule is CC(C)CCn1c(COc2ccccc2)nnc1SC(C)C(=O)Nc1ccc(C#N)cc1. The summed E-state index contributed by atoms with van der Waals surface area (Å²) >= 11 is 1.37. The Labute approximate surface area is 192 Å². The third-order valence-corrected chi connectivity index (χ3v) is 5.85. The van der Waals surface area contributed by atoms with E-state index in [-0.39, 0.29) is 11.2 Å². The van der Waals surface area contributed by atoms with Crippen LogP contribution in [-0.2, 0) is 17.9 Å². The zero-order valence-electron chi connectivity index (χ0n) is 18.5. The molecule has 3 rings (SSSR count). The Kier molecular flexibility index (Phi) is 8.28. The monoisotopic (exact) mass is 449 g/mol. The van der Waals surface area contributed by atoms with Crippen LogP contribution in [0.15, 0.2) is 59.8 Å². The lowest BCUT2D eigenvalue weighted by Crippen LogP contribution is -2.23. The van der Waals surface area contributed by atoms with Crippen LogP contribution in [0.4, 0.5) is 5.69 Å². The summed E-state index contributed by atoms with van der Waals surface area (Å²) in [5, 5.41) is 20.8. The van der Waals surface area contributed by atoms with Crippen LogP contribution in [0.5, 0.6) is 5.75 Å². The van der Waals surface area contributed by atoms with Gasteiger partial charge in [-0.15, -0.1) is 10.2 Å². The maximum Gasteiger partial charge on any atom is 0.237 e. The Bertz CT molecular complexity index is 1060. The first-order chi connectivity index (χ1) is 15.5. The normalized spacial score (nSPS) is 11.7. The van der Waals surface area contributed by atoms with E-state index in [1.165, 1.54) is 11.8 Å². The van der Waals surface area contributed by atoms with Gasteiger partial charge in [-0.25, -0.2) is 0 Å². The molecule has 7 nitrogen and oxygen atoms in total. The highest BCUT2D eigenvalue weighted by molar-refractivity contribution is 8.00. The number of carbonyl (C=O) groups is 1. The van der Waals surface area contributed by atoms with Crippen LogP contribution in [0.1, 0.15) is 38.6 Å². The van der Waals surface area contributed by atoms with Crippen LogP contribution in [0.25, 0.3) is 0 Å². The zero-order chi connectivity index (χ0) is 22.9. The fourth-order valence-electron chi connectivity index (χ4n) is 2.87. The van der Waals surface area contributed by atoms with E-state index in [1.807, 2.05) is 41.8 Å². The van der Waals surface area contributed by atoms with Gasteiger partial charge in [0.2, 0.25) is 5.91 Å². The molecular formula is C24H27N5O2S. The predicted molar refractivity (Wildman–Crippen MR) is 125 cm³/mol. The van der Waals surface area contributed by atoms with Gasteiger partial charge < -0.3 is 14.6 Å². The zero-order valence-corrected chi connectivity index (χ0v) is 19.3. The molecule has 0 radical (unpaired) electrons. The molecule has 2 aromatic carbocycles. The molecule has 0 aliphatic carbocycles. The van der Waals surface area contributed by atoms with Crippen molar-refractivity contribution in [3.8, 4) is 11.8 Å². The topological polar surface area (TPSA) is 92.8 Å². The Hall–Kier alpha value is -3.31. The Morgan fingerprint density at radius 2 is 1.84 bits per heavy atom. The number of carbonyl (C=O) groups excluding carboxylic acids is 1. The average Bonchev–Trinajstić information content (AvgIpc) is 3.18. The Balaban J connectivity index is 1.68. The van der Waals surface area contributed by atoms with Crippen molar-refractivity contribution in [2.75, 3.05) is 5.32 Å². The second kappa shape index (κ2) is 11.3. The highest BCUT2D eigenvalue weighted by atomic mass is 32.2. The van der Waals surface area contributed by atoms with Gasteiger partial charge in [-0.05, 0) is 55.7 Å². The lowest BCUT2D eigenvalue weighted by Gasteiger charge is -2.15. The molecule has 1 amide bonds. The Morgan fingerprint density at radius 3 is 2.50 bits per heavy atom. The summed E-state index contributed by atoms with van der Waals surface area (Å²) in [5.74, 6) is 1.89. The van der Waals surface area contributed by atoms with E-state index in [9.17, 15) is 4.79 Å². The molecule has 1 aromatic heterocycles. The molecule has 0 saturated carbocycles. The summed E-state index contributed by atoms with van der Waals surface area (Å²) in [6.45, 7) is 7.24. The van der Waals surface area contributed by atoms with E-state index in [1.54, 1.807) is 24.3 Å². The van der Waals surface area contributed by atoms with Crippen LogP contribution in [0, 0.1) is 17.2 Å². The van der Waals surface area contributed by atoms with Crippen LogP contribution in [0.2, 0.25) is 0 Å². The summed E-state index contributed by atoms with van der Waals surface area (Å²) in [4.78, 5) is 12.7. The van der Waals surface area contributed by atoms with Crippen LogP contribution in [-0.4, -0.2) is 25.9 Å². The number of benzene rings is 2. The van der Waals surface area contributed by atoms with Crippen molar-refractivity contribution in [3.63, 3.8) is 0 Å². The molecule has 0 aliphatic heterocycles. The molecule has 0 saturated heterocycles.